The highest BCUT2D eigenvalue weighted by Gasteiger charge is 2.27. The average Bonchev–Trinajstić information content (AvgIpc) is 2.83. The Bertz CT molecular complexity index is 556. The second kappa shape index (κ2) is 9.22. The first kappa shape index (κ1) is 19.9. The van der Waals surface area contributed by atoms with Crippen LogP contribution in [0.25, 0.3) is 0 Å². The van der Waals surface area contributed by atoms with E-state index in [1.807, 2.05) is 13.8 Å². The second-order valence-electron chi connectivity index (χ2n) is 4.97. The van der Waals surface area contributed by atoms with Crippen molar-refractivity contribution < 1.29 is 19.1 Å². The minimum atomic E-state index is -0.531. The van der Waals surface area contributed by atoms with Crippen LogP contribution >= 0.6 is 23.7 Å². The Morgan fingerprint density at radius 1 is 1.43 bits per heavy atom. The van der Waals surface area contributed by atoms with Gasteiger partial charge in [0.25, 0.3) is 5.91 Å². The van der Waals surface area contributed by atoms with Gasteiger partial charge in [-0.1, -0.05) is 6.92 Å². The molecule has 0 saturated carbocycles. The van der Waals surface area contributed by atoms with Crippen molar-refractivity contribution in [3.63, 3.8) is 0 Å². The molecule has 1 aromatic rings. The van der Waals surface area contributed by atoms with Crippen LogP contribution in [0.1, 0.15) is 34.6 Å². The van der Waals surface area contributed by atoms with Crippen LogP contribution in [0.3, 0.4) is 0 Å². The molecule has 1 aliphatic rings. The molecule has 1 unspecified atom stereocenters. The quantitative estimate of drug-likeness (QED) is 0.785. The maximum atomic E-state index is 12.3. The van der Waals surface area contributed by atoms with Crippen molar-refractivity contribution in [2.75, 3.05) is 31.6 Å². The molecule has 8 heteroatoms. The first-order valence-electron chi connectivity index (χ1n) is 7.51. The number of nitrogens with one attached hydrogen (secondary N) is 2. The number of ether oxygens (including phenoxy) is 2. The maximum Gasteiger partial charge on any atom is 0.341 e. The van der Waals surface area contributed by atoms with Crippen LogP contribution in [0.2, 0.25) is 0 Å². The third-order valence-electron chi connectivity index (χ3n) is 3.50. The molecule has 130 valence electrons. The van der Waals surface area contributed by atoms with E-state index in [9.17, 15) is 9.59 Å². The van der Waals surface area contributed by atoms with Gasteiger partial charge in [-0.3, -0.25) is 4.79 Å². The van der Waals surface area contributed by atoms with Gasteiger partial charge in [-0.15, -0.1) is 23.7 Å². The highest BCUT2D eigenvalue weighted by atomic mass is 35.5. The fourth-order valence-electron chi connectivity index (χ4n) is 2.44. The molecule has 1 saturated heterocycles. The fourth-order valence-corrected chi connectivity index (χ4v) is 3.57. The van der Waals surface area contributed by atoms with Gasteiger partial charge in [-0.2, -0.15) is 0 Å². The standard InChI is InChI=1S/C15H22N2O4S.ClH/c1-4-10-9(3)22-14(12(10)15(19)20-5-2)17-13(18)11-8-16-6-7-21-11;/h11,16H,4-8H2,1-3H3,(H,17,18);1H. The van der Waals surface area contributed by atoms with Crippen molar-refractivity contribution >= 4 is 40.6 Å². The summed E-state index contributed by atoms with van der Waals surface area (Å²) >= 11 is 1.40. The number of carbonyl (C=O) groups excluding carboxylic acids is 2. The highest BCUT2D eigenvalue weighted by Crippen LogP contribution is 2.34. The number of carbonyl (C=O) groups is 2. The van der Waals surface area contributed by atoms with Crippen molar-refractivity contribution in [2.45, 2.75) is 33.3 Å². The summed E-state index contributed by atoms with van der Waals surface area (Å²) in [5.41, 5.74) is 1.41. The van der Waals surface area contributed by atoms with E-state index in [0.717, 1.165) is 17.0 Å². The van der Waals surface area contributed by atoms with Crippen LogP contribution in [-0.2, 0) is 20.7 Å². The zero-order valence-electron chi connectivity index (χ0n) is 13.6. The fraction of sp³-hybridized carbons (Fsp3) is 0.600. The van der Waals surface area contributed by atoms with E-state index >= 15 is 0 Å². The van der Waals surface area contributed by atoms with Crippen LogP contribution in [-0.4, -0.2) is 44.3 Å². The summed E-state index contributed by atoms with van der Waals surface area (Å²) in [6.45, 7) is 7.73. The lowest BCUT2D eigenvalue weighted by Crippen LogP contribution is -2.45. The molecule has 0 aliphatic carbocycles. The lowest BCUT2D eigenvalue weighted by Gasteiger charge is -2.22. The molecule has 2 heterocycles. The van der Waals surface area contributed by atoms with Gasteiger partial charge in [0.15, 0.2) is 0 Å². The summed E-state index contributed by atoms with van der Waals surface area (Å²) in [7, 11) is 0. The Morgan fingerprint density at radius 3 is 2.74 bits per heavy atom. The smallest absolute Gasteiger partial charge is 0.341 e. The van der Waals surface area contributed by atoms with Crippen LogP contribution < -0.4 is 10.6 Å². The molecule has 2 rings (SSSR count). The predicted octanol–water partition coefficient (Wildman–Crippen LogP) is 2.14. The van der Waals surface area contributed by atoms with E-state index < -0.39 is 6.10 Å². The van der Waals surface area contributed by atoms with Gasteiger partial charge in [0.1, 0.15) is 11.1 Å². The molecular weight excluding hydrogens is 340 g/mol. The molecule has 23 heavy (non-hydrogen) atoms. The first-order valence-corrected chi connectivity index (χ1v) is 8.32. The minimum Gasteiger partial charge on any atom is -0.462 e. The number of aryl methyl sites for hydroxylation is 1. The Balaban J connectivity index is 0.00000264. The first-order chi connectivity index (χ1) is 10.6. The molecular formula is C15H23ClN2O4S. The zero-order valence-corrected chi connectivity index (χ0v) is 15.2. The minimum absolute atomic E-state index is 0. The number of hydrogen-bond acceptors (Lipinski definition) is 6. The van der Waals surface area contributed by atoms with Crippen molar-refractivity contribution in [1.29, 1.82) is 0 Å². The van der Waals surface area contributed by atoms with Crippen molar-refractivity contribution in [3.8, 4) is 0 Å². The van der Waals surface area contributed by atoms with Crippen molar-refractivity contribution in [2.24, 2.45) is 0 Å². The second-order valence-corrected chi connectivity index (χ2v) is 6.19. The monoisotopic (exact) mass is 362 g/mol. The van der Waals surface area contributed by atoms with Gasteiger partial charge in [0, 0.05) is 18.0 Å². The molecule has 1 aliphatic heterocycles. The lowest BCUT2D eigenvalue weighted by atomic mass is 10.1. The maximum absolute atomic E-state index is 12.3. The summed E-state index contributed by atoms with van der Waals surface area (Å²) in [6.07, 6.45) is 0.185. The summed E-state index contributed by atoms with van der Waals surface area (Å²) < 4.78 is 10.6. The Labute approximate surface area is 146 Å². The van der Waals surface area contributed by atoms with E-state index in [4.69, 9.17) is 9.47 Å². The Morgan fingerprint density at radius 2 is 2.17 bits per heavy atom. The zero-order chi connectivity index (χ0) is 16.1. The summed E-state index contributed by atoms with van der Waals surface area (Å²) in [4.78, 5) is 25.5. The van der Waals surface area contributed by atoms with Crippen LogP contribution in [0.4, 0.5) is 5.00 Å². The number of esters is 1. The molecule has 1 aromatic heterocycles. The normalized spacial score (nSPS) is 17.3. The van der Waals surface area contributed by atoms with E-state index in [0.29, 0.717) is 36.7 Å². The average molecular weight is 363 g/mol. The predicted molar refractivity (Wildman–Crippen MR) is 92.9 cm³/mol. The third-order valence-corrected chi connectivity index (χ3v) is 4.56. The summed E-state index contributed by atoms with van der Waals surface area (Å²) in [5, 5.41) is 6.49. The van der Waals surface area contributed by atoms with Gasteiger partial charge in [-0.25, -0.2) is 4.79 Å². The number of morpholine rings is 1. The lowest BCUT2D eigenvalue weighted by molar-refractivity contribution is -0.128. The van der Waals surface area contributed by atoms with Gasteiger partial charge in [0.05, 0.1) is 18.8 Å². The van der Waals surface area contributed by atoms with E-state index in [-0.39, 0.29) is 24.3 Å². The SMILES string of the molecule is CCOC(=O)c1c(NC(=O)C2CNCCO2)sc(C)c1CC.Cl. The van der Waals surface area contributed by atoms with E-state index in [1.54, 1.807) is 6.92 Å². The van der Waals surface area contributed by atoms with Gasteiger partial charge >= 0.3 is 5.97 Å². The number of thiophene rings is 1. The van der Waals surface area contributed by atoms with Crippen molar-refractivity contribution in [1.82, 2.24) is 5.32 Å². The van der Waals surface area contributed by atoms with Gasteiger partial charge < -0.3 is 20.1 Å². The highest BCUT2D eigenvalue weighted by molar-refractivity contribution is 7.16. The molecule has 0 aromatic carbocycles. The van der Waals surface area contributed by atoms with Crippen LogP contribution in [0, 0.1) is 6.92 Å². The molecule has 1 fully saturated rings. The summed E-state index contributed by atoms with van der Waals surface area (Å²) in [6, 6.07) is 0. The molecule has 0 spiro atoms. The Hall–Kier alpha value is -1.15. The molecule has 1 atom stereocenters. The number of amides is 1. The van der Waals surface area contributed by atoms with Crippen LogP contribution in [0.5, 0.6) is 0 Å². The molecule has 6 nitrogen and oxygen atoms in total. The number of rotatable bonds is 5. The van der Waals surface area contributed by atoms with Gasteiger partial charge in [-0.05, 0) is 25.8 Å². The van der Waals surface area contributed by atoms with Crippen molar-refractivity contribution in [3.05, 3.63) is 16.0 Å². The molecule has 0 bridgehead atoms. The largest absolute Gasteiger partial charge is 0.462 e. The Kier molecular flexibility index (Phi) is 7.98. The van der Waals surface area contributed by atoms with Crippen LogP contribution in [0.15, 0.2) is 0 Å². The number of halogens is 1. The summed E-state index contributed by atoms with van der Waals surface area (Å²) in [5.74, 6) is -0.622. The van der Waals surface area contributed by atoms with Gasteiger partial charge in [0.2, 0.25) is 0 Å². The molecule has 1 amide bonds. The van der Waals surface area contributed by atoms with E-state index in [1.165, 1.54) is 11.3 Å². The molecule has 2 N–H and O–H groups in total. The molecule has 0 radical (unpaired) electrons. The number of hydrogen-bond donors (Lipinski definition) is 2. The third kappa shape index (κ3) is 4.67. The topological polar surface area (TPSA) is 76.7 Å². The van der Waals surface area contributed by atoms with E-state index in [2.05, 4.69) is 10.6 Å². The number of anilines is 1.